The smallest absolute Gasteiger partial charge is 0.307 e. The summed E-state index contributed by atoms with van der Waals surface area (Å²) in [5.74, 6) is 0.679. The van der Waals surface area contributed by atoms with Crippen LogP contribution in [0.15, 0.2) is 94.4 Å². The highest BCUT2D eigenvalue weighted by Crippen LogP contribution is 2.37. The summed E-state index contributed by atoms with van der Waals surface area (Å²) in [7, 11) is 0. The Labute approximate surface area is 213 Å². The molecule has 36 heavy (non-hydrogen) atoms. The Hall–Kier alpha value is -4.29. The summed E-state index contributed by atoms with van der Waals surface area (Å²) < 4.78 is 17.4. The van der Waals surface area contributed by atoms with Crippen LogP contribution in [0.4, 0.5) is 0 Å². The predicted molar refractivity (Wildman–Crippen MR) is 142 cm³/mol. The van der Waals surface area contributed by atoms with Crippen LogP contribution in [0, 0.1) is 0 Å². The molecule has 0 aliphatic heterocycles. The van der Waals surface area contributed by atoms with Crippen LogP contribution in [-0.4, -0.2) is 18.7 Å². The van der Waals surface area contributed by atoms with Gasteiger partial charge in [0.1, 0.15) is 12.2 Å². The predicted octanol–water partition coefficient (Wildman–Crippen LogP) is 6.98. The number of halogens is 1. The molecule has 0 atom stereocenters. The largest absolute Gasteiger partial charge is 0.490 e. The van der Waals surface area contributed by atoms with Gasteiger partial charge in [0.15, 0.2) is 17.3 Å². The molecule has 0 aliphatic rings. The number of para-hydroxylation sites is 1. The van der Waals surface area contributed by atoms with E-state index in [0.717, 1.165) is 16.3 Å². The van der Waals surface area contributed by atoms with Crippen molar-refractivity contribution in [3.63, 3.8) is 0 Å². The Morgan fingerprint density at radius 1 is 0.944 bits per heavy atom. The van der Waals surface area contributed by atoms with Crippen molar-refractivity contribution in [2.24, 2.45) is 5.10 Å². The van der Waals surface area contributed by atoms with Crippen LogP contribution in [0.25, 0.3) is 21.7 Å². The molecule has 5 aromatic rings. The van der Waals surface area contributed by atoms with E-state index < -0.39 is 5.91 Å². The topological polar surface area (TPSA) is 73.1 Å². The number of nitrogens with zero attached hydrogens (tertiary/aromatic N) is 1. The number of hydrogen-bond donors (Lipinski definition) is 1. The average molecular weight is 499 g/mol. The van der Waals surface area contributed by atoms with E-state index in [0.29, 0.717) is 40.9 Å². The number of carbonyl (C=O) groups excluding carboxylic acids is 1. The summed E-state index contributed by atoms with van der Waals surface area (Å²) in [6.07, 6.45) is 1.49. The Kier molecular flexibility index (Phi) is 6.87. The molecule has 1 N–H and O–H groups in total. The van der Waals surface area contributed by atoms with Gasteiger partial charge in [-0.1, -0.05) is 66.2 Å². The third-order valence-electron chi connectivity index (χ3n) is 5.56. The molecule has 4 aromatic carbocycles. The second-order valence-corrected chi connectivity index (χ2v) is 8.49. The molecule has 0 saturated heterocycles. The first-order valence-electron chi connectivity index (χ1n) is 11.5. The monoisotopic (exact) mass is 498 g/mol. The lowest BCUT2D eigenvalue weighted by atomic mass is 10.1. The van der Waals surface area contributed by atoms with Crippen LogP contribution in [0.2, 0.25) is 5.02 Å². The van der Waals surface area contributed by atoms with Gasteiger partial charge in [0.25, 0.3) is 0 Å². The summed E-state index contributed by atoms with van der Waals surface area (Å²) in [4.78, 5) is 12.4. The van der Waals surface area contributed by atoms with Gasteiger partial charge in [-0.2, -0.15) is 5.10 Å². The number of amides is 1. The molecule has 1 heterocycles. The average Bonchev–Trinajstić information content (AvgIpc) is 3.33. The zero-order valence-corrected chi connectivity index (χ0v) is 20.3. The second-order valence-electron chi connectivity index (χ2n) is 8.08. The summed E-state index contributed by atoms with van der Waals surface area (Å²) in [6, 6.07) is 26.9. The molecule has 0 unspecified atom stereocenters. The first-order chi connectivity index (χ1) is 17.6. The Morgan fingerprint density at radius 3 is 2.53 bits per heavy atom. The fraction of sp³-hybridized carbons (Fsp3) is 0.103. The maximum Gasteiger partial charge on any atom is 0.307 e. The van der Waals surface area contributed by atoms with Gasteiger partial charge in [0, 0.05) is 5.39 Å². The van der Waals surface area contributed by atoms with Crippen molar-refractivity contribution in [2.75, 3.05) is 6.61 Å². The minimum atomic E-state index is -0.450. The third-order valence-corrected chi connectivity index (χ3v) is 5.84. The van der Waals surface area contributed by atoms with E-state index in [-0.39, 0.29) is 5.76 Å². The molecule has 6 nitrogen and oxygen atoms in total. The van der Waals surface area contributed by atoms with Gasteiger partial charge in [-0.05, 0) is 59.2 Å². The van der Waals surface area contributed by atoms with Crippen LogP contribution >= 0.6 is 11.6 Å². The number of fused-ring (bicyclic) bond motifs is 2. The van der Waals surface area contributed by atoms with Crippen molar-refractivity contribution in [2.45, 2.75) is 13.5 Å². The fourth-order valence-corrected chi connectivity index (χ4v) is 4.14. The van der Waals surface area contributed by atoms with Crippen LogP contribution in [0.1, 0.15) is 28.6 Å². The Balaban J connectivity index is 1.29. The van der Waals surface area contributed by atoms with E-state index >= 15 is 0 Å². The standard InChI is InChI=1S/C29H23ClN2O4/c1-2-34-26-15-20(17-31-32-29(33)27-16-23-9-5-6-10-25(23)36-27)14-24(30)28(26)35-18-19-11-12-21-7-3-4-8-22(21)13-19/h3-17H,2,18H2,1H3,(H,32,33)/b31-17+. The zero-order chi connectivity index (χ0) is 24.9. The van der Waals surface area contributed by atoms with Gasteiger partial charge in [-0.15, -0.1) is 0 Å². The number of carbonyl (C=O) groups is 1. The van der Waals surface area contributed by atoms with Crippen molar-refractivity contribution >= 4 is 45.5 Å². The number of benzene rings is 4. The van der Waals surface area contributed by atoms with Crippen molar-refractivity contribution in [3.8, 4) is 11.5 Å². The molecule has 0 radical (unpaired) electrons. The van der Waals surface area contributed by atoms with Gasteiger partial charge in [-0.3, -0.25) is 4.79 Å². The van der Waals surface area contributed by atoms with Crippen LogP contribution in [0.5, 0.6) is 11.5 Å². The van der Waals surface area contributed by atoms with E-state index in [4.69, 9.17) is 25.5 Å². The van der Waals surface area contributed by atoms with E-state index in [1.807, 2.05) is 43.3 Å². The molecular weight excluding hydrogens is 476 g/mol. The maximum absolute atomic E-state index is 12.4. The van der Waals surface area contributed by atoms with Crippen LogP contribution in [0.3, 0.4) is 0 Å². The van der Waals surface area contributed by atoms with Crippen molar-refractivity contribution in [3.05, 3.63) is 107 Å². The van der Waals surface area contributed by atoms with Crippen molar-refractivity contribution < 1.29 is 18.7 Å². The molecule has 7 heteroatoms. The SMILES string of the molecule is CCOc1cc(/C=N/NC(=O)c2cc3ccccc3o2)cc(Cl)c1OCc1ccc2ccccc2c1. The molecule has 0 spiro atoms. The van der Waals surface area contributed by atoms with Crippen molar-refractivity contribution in [1.29, 1.82) is 0 Å². The van der Waals surface area contributed by atoms with E-state index in [1.165, 1.54) is 11.6 Å². The number of furan rings is 1. The lowest BCUT2D eigenvalue weighted by molar-refractivity contribution is 0.0929. The molecule has 0 aliphatic carbocycles. The van der Waals surface area contributed by atoms with Gasteiger partial charge >= 0.3 is 5.91 Å². The molecule has 180 valence electrons. The number of hydrazone groups is 1. The molecule has 0 fully saturated rings. The summed E-state index contributed by atoms with van der Waals surface area (Å²) >= 11 is 6.55. The number of nitrogens with one attached hydrogen (secondary N) is 1. The van der Waals surface area contributed by atoms with Crippen LogP contribution in [-0.2, 0) is 6.61 Å². The quantitative estimate of drug-likeness (QED) is 0.185. The summed E-state index contributed by atoms with van der Waals surface area (Å²) in [6.45, 7) is 2.66. The highest BCUT2D eigenvalue weighted by Gasteiger charge is 2.14. The van der Waals surface area contributed by atoms with Gasteiger partial charge < -0.3 is 13.9 Å². The fourth-order valence-electron chi connectivity index (χ4n) is 3.86. The molecule has 0 bridgehead atoms. The Bertz CT molecular complexity index is 1540. The minimum Gasteiger partial charge on any atom is -0.490 e. The lowest BCUT2D eigenvalue weighted by Crippen LogP contribution is -2.16. The molecule has 5 rings (SSSR count). The third kappa shape index (κ3) is 5.19. The molecule has 1 aromatic heterocycles. The molecular formula is C29H23ClN2O4. The molecule has 0 saturated carbocycles. The number of rotatable bonds is 8. The van der Waals surface area contributed by atoms with Gasteiger partial charge in [0.2, 0.25) is 0 Å². The summed E-state index contributed by atoms with van der Waals surface area (Å²) in [5.41, 5.74) is 4.78. The first-order valence-corrected chi connectivity index (χ1v) is 11.9. The second kappa shape index (κ2) is 10.5. The minimum absolute atomic E-state index is 0.179. The first kappa shape index (κ1) is 23.5. The molecule has 1 amide bonds. The van der Waals surface area contributed by atoms with E-state index in [1.54, 1.807) is 24.3 Å². The number of hydrogen-bond acceptors (Lipinski definition) is 5. The van der Waals surface area contributed by atoms with Gasteiger partial charge in [-0.25, -0.2) is 5.43 Å². The van der Waals surface area contributed by atoms with E-state index in [2.05, 4.69) is 34.8 Å². The summed E-state index contributed by atoms with van der Waals surface area (Å²) in [5, 5.41) is 7.59. The highest BCUT2D eigenvalue weighted by molar-refractivity contribution is 6.32. The lowest BCUT2D eigenvalue weighted by Gasteiger charge is -2.14. The Morgan fingerprint density at radius 2 is 1.72 bits per heavy atom. The maximum atomic E-state index is 12.4. The van der Waals surface area contributed by atoms with Gasteiger partial charge in [0.05, 0.1) is 17.8 Å². The zero-order valence-electron chi connectivity index (χ0n) is 19.5. The van der Waals surface area contributed by atoms with E-state index in [9.17, 15) is 4.79 Å². The number of ether oxygens (including phenoxy) is 2. The normalized spacial score (nSPS) is 11.3. The highest BCUT2D eigenvalue weighted by atomic mass is 35.5. The van der Waals surface area contributed by atoms with Crippen molar-refractivity contribution in [1.82, 2.24) is 5.43 Å². The van der Waals surface area contributed by atoms with Crippen LogP contribution < -0.4 is 14.9 Å².